The van der Waals surface area contributed by atoms with Crippen LogP contribution in [-0.4, -0.2) is 37.4 Å². The number of methoxy groups -OCH3 is 2. The molecule has 0 radical (unpaired) electrons. The van der Waals surface area contributed by atoms with Gasteiger partial charge < -0.3 is 14.6 Å². The van der Waals surface area contributed by atoms with Gasteiger partial charge in [0.2, 0.25) is 0 Å². The molecule has 1 rings (SSSR count). The van der Waals surface area contributed by atoms with Crippen LogP contribution >= 0.6 is 0 Å². The van der Waals surface area contributed by atoms with Gasteiger partial charge in [-0.15, -0.1) is 0 Å². The van der Waals surface area contributed by atoms with E-state index < -0.39 is 0 Å². The van der Waals surface area contributed by atoms with Crippen molar-refractivity contribution < 1.29 is 19.4 Å². The molecular formula is C20H29NO4. The maximum atomic E-state index is 12.1. The molecule has 0 unspecified atom stereocenters. The molecule has 0 saturated heterocycles. The van der Waals surface area contributed by atoms with Gasteiger partial charge in [0.05, 0.1) is 31.4 Å². The predicted molar refractivity (Wildman–Crippen MR) is 102 cm³/mol. The Hall–Kier alpha value is -2.30. The molecule has 0 aliphatic rings. The van der Waals surface area contributed by atoms with Crippen LogP contribution in [0.4, 0.5) is 0 Å². The quantitative estimate of drug-likeness (QED) is 0.430. The Morgan fingerprint density at radius 1 is 1.24 bits per heavy atom. The van der Waals surface area contributed by atoms with Crippen LogP contribution in [0.15, 0.2) is 22.7 Å². The summed E-state index contributed by atoms with van der Waals surface area (Å²) in [5.41, 5.74) is 1.44. The minimum absolute atomic E-state index is 0.0987. The number of Topliss-reactive ketones (excluding diaryl/α,β-unsaturated/α-hetero) is 1. The Kier molecular flexibility index (Phi) is 7.68. The number of hydrogen-bond donors (Lipinski definition) is 1. The van der Waals surface area contributed by atoms with Crippen molar-refractivity contribution in [2.24, 2.45) is 10.9 Å². The monoisotopic (exact) mass is 347 g/mol. The van der Waals surface area contributed by atoms with Gasteiger partial charge in [0.25, 0.3) is 0 Å². The molecule has 1 aromatic rings. The zero-order valence-electron chi connectivity index (χ0n) is 16.2. The molecular weight excluding hydrogens is 318 g/mol. The summed E-state index contributed by atoms with van der Waals surface area (Å²) >= 11 is 0. The average Bonchev–Trinajstić information content (AvgIpc) is 2.57. The number of ketones is 1. The number of rotatable bonds is 8. The molecule has 138 valence electrons. The summed E-state index contributed by atoms with van der Waals surface area (Å²) in [5, 5.41) is 10.7. The van der Waals surface area contributed by atoms with E-state index >= 15 is 0 Å². The lowest BCUT2D eigenvalue weighted by atomic mass is 10.0. The summed E-state index contributed by atoms with van der Waals surface area (Å²) in [4.78, 5) is 16.6. The number of aryl methyl sites for hydroxylation is 1. The van der Waals surface area contributed by atoms with Crippen LogP contribution in [0.2, 0.25) is 0 Å². The molecule has 0 bridgehead atoms. The van der Waals surface area contributed by atoms with Crippen molar-refractivity contribution in [1.82, 2.24) is 0 Å². The first-order valence-corrected chi connectivity index (χ1v) is 8.47. The van der Waals surface area contributed by atoms with Crippen LogP contribution in [0.5, 0.6) is 11.5 Å². The molecule has 0 heterocycles. The standard InChI is InChI=1S/C20H29NO4/c1-8-17(12(2)3)21-11-16(14(5)22)20(23)15-9-13(4)18(24-6)10-19(15)25-7/h9-12,17,23H,8H2,1-7H3/t17-/m1/s1. The maximum absolute atomic E-state index is 12.1. The van der Waals surface area contributed by atoms with Gasteiger partial charge in [-0.1, -0.05) is 20.8 Å². The van der Waals surface area contributed by atoms with Crippen LogP contribution in [0.1, 0.15) is 45.2 Å². The highest BCUT2D eigenvalue weighted by Crippen LogP contribution is 2.33. The van der Waals surface area contributed by atoms with E-state index in [1.54, 1.807) is 19.2 Å². The van der Waals surface area contributed by atoms with Crippen LogP contribution in [0.3, 0.4) is 0 Å². The second kappa shape index (κ2) is 9.25. The first-order chi connectivity index (χ1) is 11.8. The Labute approximate surface area is 150 Å². The van der Waals surface area contributed by atoms with Crippen LogP contribution < -0.4 is 9.47 Å². The Morgan fingerprint density at radius 3 is 2.28 bits per heavy atom. The summed E-state index contributed by atoms with van der Waals surface area (Å²) in [5.74, 6) is 1.04. The van der Waals surface area contributed by atoms with E-state index in [1.807, 2.05) is 6.92 Å². The van der Waals surface area contributed by atoms with Crippen molar-refractivity contribution in [2.75, 3.05) is 14.2 Å². The van der Waals surface area contributed by atoms with Crippen LogP contribution in [0.25, 0.3) is 5.76 Å². The van der Waals surface area contributed by atoms with E-state index in [2.05, 4.69) is 25.8 Å². The molecule has 1 atom stereocenters. The van der Waals surface area contributed by atoms with Gasteiger partial charge in [0.15, 0.2) is 5.78 Å². The fourth-order valence-corrected chi connectivity index (χ4v) is 2.63. The molecule has 0 spiro atoms. The first kappa shape index (κ1) is 20.7. The lowest BCUT2D eigenvalue weighted by Crippen LogP contribution is -2.13. The number of carbonyl (C=O) groups is 1. The van der Waals surface area contributed by atoms with Crippen LogP contribution in [0, 0.1) is 12.8 Å². The highest BCUT2D eigenvalue weighted by molar-refractivity contribution is 6.17. The minimum atomic E-state index is -0.254. The smallest absolute Gasteiger partial charge is 0.165 e. The molecule has 0 aliphatic heterocycles. The fourth-order valence-electron chi connectivity index (χ4n) is 2.63. The lowest BCUT2D eigenvalue weighted by molar-refractivity contribution is -0.113. The van der Waals surface area contributed by atoms with Crippen molar-refractivity contribution in [3.8, 4) is 11.5 Å². The van der Waals surface area contributed by atoms with Crippen molar-refractivity contribution in [2.45, 2.75) is 47.1 Å². The first-order valence-electron chi connectivity index (χ1n) is 8.47. The number of ether oxygens (including phenoxy) is 2. The second-order valence-corrected chi connectivity index (χ2v) is 6.34. The van der Waals surface area contributed by atoms with Gasteiger partial charge in [-0.3, -0.25) is 9.79 Å². The van der Waals surface area contributed by atoms with Gasteiger partial charge in [0.1, 0.15) is 17.3 Å². The van der Waals surface area contributed by atoms with Crippen LogP contribution in [-0.2, 0) is 4.79 Å². The molecule has 5 heteroatoms. The van der Waals surface area contributed by atoms with Crippen molar-refractivity contribution >= 4 is 17.8 Å². The predicted octanol–water partition coefficient (Wildman–Crippen LogP) is 4.38. The second-order valence-electron chi connectivity index (χ2n) is 6.34. The number of hydrogen-bond acceptors (Lipinski definition) is 5. The van der Waals surface area contributed by atoms with E-state index in [1.165, 1.54) is 20.2 Å². The number of aliphatic hydroxyl groups excluding tert-OH is 1. The molecule has 0 aromatic heterocycles. The average molecular weight is 347 g/mol. The van der Waals surface area contributed by atoms with Crippen molar-refractivity contribution in [3.05, 3.63) is 28.8 Å². The van der Waals surface area contributed by atoms with Gasteiger partial charge in [-0.25, -0.2) is 0 Å². The molecule has 0 saturated carbocycles. The molecule has 1 N–H and O–H groups in total. The largest absolute Gasteiger partial charge is 0.506 e. The maximum Gasteiger partial charge on any atom is 0.165 e. The number of aliphatic hydroxyl groups is 1. The summed E-state index contributed by atoms with van der Waals surface area (Å²) in [6.07, 6.45) is 2.34. The highest BCUT2D eigenvalue weighted by Gasteiger charge is 2.18. The Balaban J connectivity index is 3.46. The van der Waals surface area contributed by atoms with E-state index in [0.717, 1.165) is 12.0 Å². The number of benzene rings is 1. The number of allylic oxidation sites excluding steroid dienone is 1. The zero-order valence-corrected chi connectivity index (χ0v) is 16.2. The fraction of sp³-hybridized carbons (Fsp3) is 0.500. The zero-order chi connectivity index (χ0) is 19.1. The van der Waals surface area contributed by atoms with Crippen molar-refractivity contribution in [3.63, 3.8) is 0 Å². The third-order valence-corrected chi connectivity index (χ3v) is 4.19. The SMILES string of the molecule is CC[C@@H](N=CC(C(C)=O)=C(O)c1cc(C)c(OC)cc1OC)C(C)C. The summed E-state index contributed by atoms with van der Waals surface area (Å²) in [6.45, 7) is 9.49. The Morgan fingerprint density at radius 2 is 1.84 bits per heavy atom. The van der Waals surface area contributed by atoms with Gasteiger partial charge in [0, 0.05) is 12.3 Å². The number of nitrogens with zero attached hydrogens (tertiary/aromatic N) is 1. The molecule has 1 aromatic carbocycles. The van der Waals surface area contributed by atoms with E-state index in [0.29, 0.717) is 23.0 Å². The number of carbonyl (C=O) groups excluding carboxylic acids is 1. The minimum Gasteiger partial charge on any atom is -0.506 e. The topological polar surface area (TPSA) is 68.1 Å². The summed E-state index contributed by atoms with van der Waals surface area (Å²) < 4.78 is 10.6. The van der Waals surface area contributed by atoms with Crippen molar-refractivity contribution in [1.29, 1.82) is 0 Å². The van der Waals surface area contributed by atoms with E-state index in [4.69, 9.17) is 9.47 Å². The van der Waals surface area contributed by atoms with Gasteiger partial charge in [-0.2, -0.15) is 0 Å². The Bertz CT molecular complexity index is 675. The molecule has 0 aliphatic carbocycles. The normalized spacial score (nSPS) is 13.8. The summed E-state index contributed by atoms with van der Waals surface area (Å²) in [6, 6.07) is 3.53. The van der Waals surface area contributed by atoms with E-state index in [9.17, 15) is 9.90 Å². The van der Waals surface area contributed by atoms with Gasteiger partial charge in [-0.05, 0) is 37.8 Å². The van der Waals surface area contributed by atoms with E-state index in [-0.39, 0.29) is 23.2 Å². The molecule has 5 nitrogen and oxygen atoms in total. The summed E-state index contributed by atoms with van der Waals surface area (Å²) in [7, 11) is 3.08. The third kappa shape index (κ3) is 5.08. The molecule has 0 amide bonds. The third-order valence-electron chi connectivity index (χ3n) is 4.19. The number of aliphatic imine (C=N–C) groups is 1. The highest BCUT2D eigenvalue weighted by atomic mass is 16.5. The lowest BCUT2D eigenvalue weighted by Gasteiger charge is -2.15. The molecule has 25 heavy (non-hydrogen) atoms. The molecule has 0 fully saturated rings. The van der Waals surface area contributed by atoms with Gasteiger partial charge >= 0.3 is 0 Å².